The van der Waals surface area contributed by atoms with E-state index in [0.29, 0.717) is 0 Å². The molecule has 0 radical (unpaired) electrons. The smallest absolute Gasteiger partial charge is 0.114 e. The molecule has 2 aromatic rings. The second kappa shape index (κ2) is 5.26. The van der Waals surface area contributed by atoms with E-state index in [0.717, 1.165) is 11.3 Å². The van der Waals surface area contributed by atoms with Gasteiger partial charge in [-0.3, -0.25) is 4.98 Å². The molecule has 0 aliphatic heterocycles. The lowest BCUT2D eigenvalue weighted by Crippen LogP contribution is -2.12. The molecule has 0 saturated carbocycles. The first-order chi connectivity index (χ1) is 7.90. The zero-order chi connectivity index (χ0) is 11.2. The Morgan fingerprint density at radius 1 is 1.12 bits per heavy atom. The van der Waals surface area contributed by atoms with Crippen LogP contribution in [0.1, 0.15) is 11.6 Å². The third-order valence-electron chi connectivity index (χ3n) is 2.36. The Kier molecular flexibility index (Phi) is 3.49. The molecule has 0 spiro atoms. The summed E-state index contributed by atoms with van der Waals surface area (Å²) in [5.41, 5.74) is 1.77. The van der Waals surface area contributed by atoms with Gasteiger partial charge in [0.1, 0.15) is 6.67 Å². The molecule has 0 saturated heterocycles. The minimum absolute atomic E-state index is 0.337. The van der Waals surface area contributed by atoms with Gasteiger partial charge in [-0.05, 0) is 23.8 Å². The Morgan fingerprint density at radius 3 is 2.56 bits per heavy atom. The number of hydrogen-bond donors (Lipinski definition) is 1. The molecule has 3 heteroatoms. The number of nitrogens with one attached hydrogen (secondary N) is 1. The normalized spacial score (nSPS) is 12.1. The molecule has 1 aromatic carbocycles. The molecule has 0 aliphatic carbocycles. The van der Waals surface area contributed by atoms with Gasteiger partial charge in [0.15, 0.2) is 0 Å². The molecule has 1 atom stereocenters. The van der Waals surface area contributed by atoms with E-state index in [1.54, 1.807) is 12.4 Å². The third kappa shape index (κ3) is 2.57. The van der Waals surface area contributed by atoms with Gasteiger partial charge in [0.25, 0.3) is 0 Å². The van der Waals surface area contributed by atoms with Crippen LogP contribution in [0.5, 0.6) is 0 Å². The van der Waals surface area contributed by atoms with Crippen molar-refractivity contribution in [2.75, 3.05) is 12.0 Å². The Balaban J connectivity index is 2.13. The molecule has 1 aromatic heterocycles. The molecule has 0 aliphatic rings. The topological polar surface area (TPSA) is 24.9 Å². The third-order valence-corrected chi connectivity index (χ3v) is 2.36. The fraction of sp³-hybridized carbons (Fsp3) is 0.154. The second-order valence-corrected chi connectivity index (χ2v) is 3.50. The molecule has 0 bridgehead atoms. The van der Waals surface area contributed by atoms with Gasteiger partial charge >= 0.3 is 0 Å². The van der Waals surface area contributed by atoms with E-state index in [1.165, 1.54) is 0 Å². The van der Waals surface area contributed by atoms with Crippen LogP contribution in [-0.2, 0) is 0 Å². The summed E-state index contributed by atoms with van der Waals surface area (Å²) in [5, 5.41) is 3.13. The van der Waals surface area contributed by atoms with Crippen molar-refractivity contribution in [2.24, 2.45) is 0 Å². The summed E-state index contributed by atoms with van der Waals surface area (Å²) in [6, 6.07) is 12.9. The van der Waals surface area contributed by atoms with E-state index in [2.05, 4.69) is 10.3 Å². The molecule has 1 heterocycles. The standard InChI is InChI=1S/C13H13FN2/c14-9-13(11-5-4-8-15-10-11)16-12-6-2-1-3-7-12/h1-8,10,13,16H,9H2. The molecule has 1 unspecified atom stereocenters. The molecule has 0 fully saturated rings. The zero-order valence-corrected chi connectivity index (χ0v) is 8.81. The largest absolute Gasteiger partial charge is 0.376 e. The van der Waals surface area contributed by atoms with Crippen molar-refractivity contribution >= 4 is 5.69 Å². The SMILES string of the molecule is FCC(Nc1ccccc1)c1cccnc1. The maximum Gasteiger partial charge on any atom is 0.114 e. The summed E-state index contributed by atoms with van der Waals surface area (Å²) < 4.78 is 12.9. The minimum atomic E-state index is -0.458. The summed E-state index contributed by atoms with van der Waals surface area (Å²) >= 11 is 0. The Bertz CT molecular complexity index is 416. The molecular formula is C13H13FN2. The molecule has 1 N–H and O–H groups in total. The van der Waals surface area contributed by atoms with Crippen molar-refractivity contribution in [2.45, 2.75) is 6.04 Å². The van der Waals surface area contributed by atoms with E-state index < -0.39 is 6.67 Å². The van der Waals surface area contributed by atoms with Crippen LogP contribution < -0.4 is 5.32 Å². The molecule has 16 heavy (non-hydrogen) atoms. The van der Waals surface area contributed by atoms with Crippen molar-refractivity contribution in [1.82, 2.24) is 4.98 Å². The first-order valence-electron chi connectivity index (χ1n) is 5.17. The van der Waals surface area contributed by atoms with E-state index >= 15 is 0 Å². The maximum atomic E-state index is 12.9. The van der Waals surface area contributed by atoms with Crippen LogP contribution in [0.3, 0.4) is 0 Å². The van der Waals surface area contributed by atoms with Gasteiger partial charge in [-0.15, -0.1) is 0 Å². The monoisotopic (exact) mass is 216 g/mol. The summed E-state index contributed by atoms with van der Waals surface area (Å²) in [6.45, 7) is -0.458. The predicted octanol–water partition coefficient (Wildman–Crippen LogP) is 3.20. The number of halogens is 1. The zero-order valence-electron chi connectivity index (χ0n) is 8.81. The first kappa shape index (κ1) is 10.6. The summed E-state index contributed by atoms with van der Waals surface area (Å²) in [4.78, 5) is 3.99. The summed E-state index contributed by atoms with van der Waals surface area (Å²) in [6.07, 6.45) is 3.36. The van der Waals surface area contributed by atoms with Gasteiger partial charge in [-0.1, -0.05) is 24.3 Å². The highest BCUT2D eigenvalue weighted by atomic mass is 19.1. The van der Waals surface area contributed by atoms with Crippen molar-refractivity contribution < 1.29 is 4.39 Å². The number of nitrogens with zero attached hydrogens (tertiary/aromatic N) is 1. The summed E-state index contributed by atoms with van der Waals surface area (Å²) in [7, 11) is 0. The van der Waals surface area contributed by atoms with Gasteiger partial charge in [0.05, 0.1) is 6.04 Å². The number of benzene rings is 1. The number of rotatable bonds is 4. The van der Waals surface area contributed by atoms with Crippen LogP contribution >= 0.6 is 0 Å². The van der Waals surface area contributed by atoms with Gasteiger partial charge < -0.3 is 5.32 Å². The number of alkyl halides is 1. The lowest BCUT2D eigenvalue weighted by Gasteiger charge is -2.16. The highest BCUT2D eigenvalue weighted by Crippen LogP contribution is 2.18. The number of aromatic nitrogens is 1. The molecule has 2 rings (SSSR count). The second-order valence-electron chi connectivity index (χ2n) is 3.50. The van der Waals surface area contributed by atoms with Gasteiger partial charge in [-0.2, -0.15) is 0 Å². The van der Waals surface area contributed by atoms with Crippen LogP contribution in [0, 0.1) is 0 Å². The number of pyridine rings is 1. The van der Waals surface area contributed by atoms with E-state index in [4.69, 9.17) is 0 Å². The van der Waals surface area contributed by atoms with Crippen LogP contribution in [0.2, 0.25) is 0 Å². The van der Waals surface area contributed by atoms with Crippen molar-refractivity contribution in [3.05, 3.63) is 60.4 Å². The van der Waals surface area contributed by atoms with E-state index in [9.17, 15) is 4.39 Å². The highest BCUT2D eigenvalue weighted by molar-refractivity contribution is 5.44. The highest BCUT2D eigenvalue weighted by Gasteiger charge is 2.10. The number of anilines is 1. The van der Waals surface area contributed by atoms with Crippen molar-refractivity contribution in [3.8, 4) is 0 Å². The van der Waals surface area contributed by atoms with E-state index in [-0.39, 0.29) is 6.04 Å². The van der Waals surface area contributed by atoms with Crippen LogP contribution in [-0.4, -0.2) is 11.7 Å². The first-order valence-corrected chi connectivity index (χ1v) is 5.17. The molecular weight excluding hydrogens is 203 g/mol. The Morgan fingerprint density at radius 2 is 1.94 bits per heavy atom. The number of para-hydroxylation sites is 1. The minimum Gasteiger partial charge on any atom is -0.376 e. The van der Waals surface area contributed by atoms with Crippen LogP contribution in [0.25, 0.3) is 0 Å². The molecule has 2 nitrogen and oxygen atoms in total. The fourth-order valence-corrected chi connectivity index (χ4v) is 1.53. The Hall–Kier alpha value is -1.90. The van der Waals surface area contributed by atoms with Gasteiger partial charge in [0, 0.05) is 18.1 Å². The molecule has 82 valence electrons. The van der Waals surface area contributed by atoms with Crippen LogP contribution in [0.4, 0.5) is 10.1 Å². The fourth-order valence-electron chi connectivity index (χ4n) is 1.53. The van der Waals surface area contributed by atoms with Crippen LogP contribution in [0.15, 0.2) is 54.9 Å². The lowest BCUT2D eigenvalue weighted by molar-refractivity contribution is 0.452. The molecule has 0 amide bonds. The van der Waals surface area contributed by atoms with Crippen molar-refractivity contribution in [3.63, 3.8) is 0 Å². The average Bonchev–Trinajstić information content (AvgIpc) is 2.38. The Labute approximate surface area is 94.2 Å². The quantitative estimate of drug-likeness (QED) is 0.848. The lowest BCUT2D eigenvalue weighted by atomic mass is 10.1. The summed E-state index contributed by atoms with van der Waals surface area (Å²) in [5.74, 6) is 0. The van der Waals surface area contributed by atoms with Gasteiger partial charge in [0.2, 0.25) is 0 Å². The average molecular weight is 216 g/mol. The van der Waals surface area contributed by atoms with E-state index in [1.807, 2.05) is 42.5 Å². The van der Waals surface area contributed by atoms with Gasteiger partial charge in [-0.25, -0.2) is 4.39 Å². The van der Waals surface area contributed by atoms with Crippen molar-refractivity contribution in [1.29, 1.82) is 0 Å². The number of hydrogen-bond acceptors (Lipinski definition) is 2. The maximum absolute atomic E-state index is 12.9. The predicted molar refractivity (Wildman–Crippen MR) is 63.0 cm³/mol.